The van der Waals surface area contributed by atoms with Gasteiger partial charge in [0.05, 0.1) is 0 Å². The van der Waals surface area contributed by atoms with E-state index in [-0.39, 0.29) is 0 Å². The zero-order valence-corrected chi connectivity index (χ0v) is 25.4. The van der Waals surface area contributed by atoms with E-state index in [2.05, 4.69) is 109 Å². The van der Waals surface area contributed by atoms with Crippen molar-refractivity contribution in [2.75, 3.05) is 0 Å². The zero-order valence-electron chi connectivity index (χ0n) is 25.4. The molecule has 0 atom stereocenters. The fourth-order valence-corrected chi connectivity index (χ4v) is 11.7. The molecule has 0 amide bonds. The van der Waals surface area contributed by atoms with Gasteiger partial charge in [-0.3, -0.25) is 0 Å². The summed E-state index contributed by atoms with van der Waals surface area (Å²) in [6, 6.07) is 43.4. The van der Waals surface area contributed by atoms with Crippen LogP contribution in [0.3, 0.4) is 0 Å². The second-order valence-electron chi connectivity index (χ2n) is 15.1. The average Bonchev–Trinajstić information content (AvgIpc) is 3.12. The molecule has 0 radical (unpaired) electrons. The highest BCUT2D eigenvalue weighted by Gasteiger charge is 2.31. The highest BCUT2D eigenvalue weighted by molar-refractivity contribution is 6.60. The second-order valence-corrected chi connectivity index (χ2v) is 15.1. The van der Waals surface area contributed by atoms with Gasteiger partial charge in [-0.2, -0.15) is 0 Å². The van der Waals surface area contributed by atoms with E-state index >= 15 is 0 Å². The van der Waals surface area contributed by atoms with E-state index in [1.165, 1.54) is 162 Å². The Kier molecular flexibility index (Phi) is 2.79. The fourth-order valence-electron chi connectivity index (χ4n) is 11.7. The number of hydrogen-bond acceptors (Lipinski definition) is 0. The maximum absolute atomic E-state index is 2.53. The van der Waals surface area contributed by atoms with Gasteiger partial charge in [-0.05, 0) is 198 Å². The van der Waals surface area contributed by atoms with Crippen LogP contribution in [-0.4, -0.2) is 0 Å². The predicted molar refractivity (Wildman–Crippen MR) is 210 cm³/mol. The molecule has 0 aromatic heterocycles. The molecule has 0 fully saturated rings. The van der Waals surface area contributed by atoms with Crippen molar-refractivity contribution < 1.29 is 0 Å². The lowest BCUT2D eigenvalue weighted by Gasteiger charge is -2.29. The van der Waals surface area contributed by atoms with Crippen LogP contribution < -0.4 is 0 Å². The molecule has 0 aliphatic rings. The van der Waals surface area contributed by atoms with E-state index in [0.29, 0.717) is 0 Å². The van der Waals surface area contributed by atoms with E-state index < -0.39 is 0 Å². The molecule has 0 aliphatic heterocycles. The monoisotopic (exact) mass is 594 g/mol. The van der Waals surface area contributed by atoms with Crippen LogP contribution in [0.1, 0.15) is 0 Å². The summed E-state index contributed by atoms with van der Waals surface area (Å²) in [4.78, 5) is 0. The third-order valence-electron chi connectivity index (χ3n) is 13.2. The van der Waals surface area contributed by atoms with Gasteiger partial charge in [0, 0.05) is 0 Å². The first-order valence-electron chi connectivity index (χ1n) is 17.2. The van der Waals surface area contributed by atoms with Crippen molar-refractivity contribution in [3.63, 3.8) is 0 Å². The Morgan fingerprint density at radius 1 is 0.125 bits per heavy atom. The van der Waals surface area contributed by atoms with E-state index in [1.54, 1.807) is 0 Å². The Morgan fingerprint density at radius 2 is 0.271 bits per heavy atom. The molecular formula is C48H18. The minimum Gasteiger partial charge on any atom is -0.0537 e. The van der Waals surface area contributed by atoms with Crippen LogP contribution >= 0.6 is 0 Å². The van der Waals surface area contributed by atoms with Gasteiger partial charge < -0.3 is 0 Å². The molecule has 0 spiro atoms. The quantitative estimate of drug-likeness (QED) is 0.121. The maximum Gasteiger partial charge on any atom is -0.0000906 e. The molecule has 210 valence electrons. The normalized spacial score (nSPS) is 14.2. The Morgan fingerprint density at radius 3 is 0.500 bits per heavy atom. The molecule has 0 saturated carbocycles. The molecule has 0 saturated heterocycles. The lowest BCUT2D eigenvalue weighted by molar-refractivity contribution is 1.82. The lowest BCUT2D eigenvalue weighted by Crippen LogP contribution is -2.00. The van der Waals surface area contributed by atoms with E-state index in [9.17, 15) is 0 Å². The van der Waals surface area contributed by atoms with Gasteiger partial charge in [-0.1, -0.05) is 72.8 Å². The topological polar surface area (TPSA) is 0 Å². The van der Waals surface area contributed by atoms with Gasteiger partial charge in [-0.15, -0.1) is 0 Å². The van der Waals surface area contributed by atoms with Crippen molar-refractivity contribution in [3.05, 3.63) is 109 Å². The molecule has 16 aromatic rings. The molecule has 0 aliphatic carbocycles. The van der Waals surface area contributed by atoms with Crippen LogP contribution in [0.5, 0.6) is 0 Å². The van der Waals surface area contributed by atoms with Gasteiger partial charge in [-0.25, -0.2) is 0 Å². The number of rotatable bonds is 0. The van der Waals surface area contributed by atoms with Crippen LogP contribution in [-0.2, 0) is 0 Å². The second kappa shape index (κ2) is 6.22. The van der Waals surface area contributed by atoms with Crippen LogP contribution in [0, 0.1) is 0 Å². The minimum absolute atomic E-state index is 1.35. The van der Waals surface area contributed by atoms with Gasteiger partial charge in [0.25, 0.3) is 0 Å². The Hall–Kier alpha value is -6.24. The lowest BCUT2D eigenvalue weighted by atomic mass is 9.73. The molecule has 0 bridgehead atoms. The van der Waals surface area contributed by atoms with Crippen molar-refractivity contribution in [3.8, 4) is 0 Å². The fraction of sp³-hybridized carbons (Fsp3) is 0. The molecule has 0 nitrogen and oxygen atoms in total. The average molecular weight is 595 g/mol. The molecule has 0 unspecified atom stereocenters. The molecule has 16 aromatic carbocycles. The first-order valence-corrected chi connectivity index (χ1v) is 17.2. The Bertz CT molecular complexity index is 3530. The summed E-state index contributed by atoms with van der Waals surface area (Å²) in [5.74, 6) is 0. The summed E-state index contributed by atoms with van der Waals surface area (Å²) in [6.07, 6.45) is 0. The van der Waals surface area contributed by atoms with Gasteiger partial charge in [0.2, 0.25) is 0 Å². The molecule has 0 N–H and O–H groups in total. The minimum atomic E-state index is 1.35. The van der Waals surface area contributed by atoms with Crippen LogP contribution in [0.2, 0.25) is 0 Å². The first-order chi connectivity index (χ1) is 23.8. The third kappa shape index (κ3) is 1.85. The zero-order chi connectivity index (χ0) is 30.0. The van der Waals surface area contributed by atoms with E-state index in [4.69, 9.17) is 0 Å². The first kappa shape index (κ1) is 21.5. The predicted octanol–water partition coefficient (Wildman–Crippen LogP) is 13.9. The van der Waals surface area contributed by atoms with Gasteiger partial charge in [0.1, 0.15) is 0 Å². The smallest absolute Gasteiger partial charge is 0.0000906 e. The summed E-state index contributed by atoms with van der Waals surface area (Å²) < 4.78 is 0. The molecular weight excluding hydrogens is 577 g/mol. The SMILES string of the molecule is c1cc2ccc3cc4cc5cc6ccc7ccc8ccc9cc%10cc%11cc%12ccc1c1c2c3c2c4c3c5c4c6c7c8c9c4c%10c3c%11c2c%121. The van der Waals surface area contributed by atoms with Crippen LogP contribution in [0.15, 0.2) is 109 Å². The summed E-state index contributed by atoms with van der Waals surface area (Å²) in [7, 11) is 0. The van der Waals surface area contributed by atoms with Crippen molar-refractivity contribution in [1.82, 2.24) is 0 Å². The largest absolute Gasteiger partial charge is 0.0537 e. The standard InChI is InChI=1S/C48H18/c1-2-20-6-10-24-14-28-18-30-16-26-12-8-22-4-3-21-7-11-25-15-29-17-27-13-23-9-5-19(1)31-32(20)36(24)44-40(28)48-42(30)46-38(26)34(22)33(21)37(25)45(46)41(29)47(48)39(27)43(44)35(23)31/h1-18H. The number of hydrogen-bond donors (Lipinski definition) is 0. The molecule has 48 heavy (non-hydrogen) atoms. The Balaban J connectivity index is 1.41. The van der Waals surface area contributed by atoms with E-state index in [1.807, 2.05) is 0 Å². The number of benzene rings is 16. The third-order valence-corrected chi connectivity index (χ3v) is 13.2. The highest BCUT2D eigenvalue weighted by atomic mass is 14.3. The summed E-state index contributed by atoms with van der Waals surface area (Å²) >= 11 is 0. The van der Waals surface area contributed by atoms with E-state index in [0.717, 1.165) is 0 Å². The van der Waals surface area contributed by atoms with Crippen LogP contribution in [0.4, 0.5) is 0 Å². The van der Waals surface area contributed by atoms with Crippen molar-refractivity contribution in [2.24, 2.45) is 0 Å². The summed E-state index contributed by atoms with van der Waals surface area (Å²) in [5.41, 5.74) is 0. The van der Waals surface area contributed by atoms with Crippen molar-refractivity contribution in [2.45, 2.75) is 0 Å². The van der Waals surface area contributed by atoms with Crippen molar-refractivity contribution >= 4 is 162 Å². The Labute approximate surface area is 269 Å². The maximum atomic E-state index is 2.53. The van der Waals surface area contributed by atoms with Crippen LogP contribution in [0.25, 0.3) is 162 Å². The molecule has 0 heteroatoms. The van der Waals surface area contributed by atoms with Gasteiger partial charge in [0.15, 0.2) is 0 Å². The molecule has 0 heterocycles. The highest BCUT2D eigenvalue weighted by Crippen LogP contribution is 2.60. The molecule has 16 rings (SSSR count). The summed E-state index contributed by atoms with van der Waals surface area (Å²) in [6.45, 7) is 0. The summed E-state index contributed by atoms with van der Waals surface area (Å²) in [5, 5.41) is 42.6. The van der Waals surface area contributed by atoms with Crippen molar-refractivity contribution in [1.29, 1.82) is 0 Å². The van der Waals surface area contributed by atoms with Gasteiger partial charge >= 0.3 is 0 Å².